The molecule has 6 nitrogen and oxygen atoms in total. The van der Waals surface area contributed by atoms with E-state index in [1.165, 1.54) is 25.0 Å². The summed E-state index contributed by atoms with van der Waals surface area (Å²) in [4.78, 5) is 19.5. The van der Waals surface area contributed by atoms with Gasteiger partial charge in [0.1, 0.15) is 0 Å². The van der Waals surface area contributed by atoms with Gasteiger partial charge >= 0.3 is 0 Å². The van der Waals surface area contributed by atoms with E-state index in [9.17, 15) is 9.59 Å². The summed E-state index contributed by atoms with van der Waals surface area (Å²) in [5.74, 6) is -0.782. The summed E-state index contributed by atoms with van der Waals surface area (Å²) in [6.45, 7) is 5.13. The quantitative estimate of drug-likeness (QED) is 0.401. The Morgan fingerprint density at radius 1 is 0.750 bits per heavy atom. The lowest BCUT2D eigenvalue weighted by Gasteiger charge is -1.94. The highest BCUT2D eigenvalue weighted by molar-refractivity contribution is 5.85. The Hall–Kier alpha value is -1.66. The molecule has 0 rings (SSSR count). The van der Waals surface area contributed by atoms with Crippen molar-refractivity contribution < 1.29 is 9.59 Å². The number of primary amides is 2. The molecule has 0 aromatic rings. The summed E-state index contributed by atoms with van der Waals surface area (Å²) in [6, 6.07) is 0. The van der Waals surface area contributed by atoms with E-state index in [0.29, 0.717) is 0 Å². The molecule has 0 unspecified atom stereocenters. The maximum atomic E-state index is 9.73. The molecule has 20 heavy (non-hydrogen) atoms. The molecule has 0 aliphatic carbocycles. The van der Waals surface area contributed by atoms with Crippen LogP contribution in [0.3, 0.4) is 0 Å². The number of carbonyl (C=O) groups is 2. The minimum atomic E-state index is -0.391. The van der Waals surface area contributed by atoms with Crippen molar-refractivity contribution in [3.8, 4) is 0 Å². The first-order valence-corrected chi connectivity index (χ1v) is 6.70. The average molecular weight is 286 g/mol. The number of unbranched alkanes of at least 4 members (excludes halogenated alkanes) is 3. The summed E-state index contributed by atoms with van der Waals surface area (Å²) >= 11 is 0. The van der Waals surface area contributed by atoms with Crippen LogP contribution in [0.5, 0.6) is 0 Å². The van der Waals surface area contributed by atoms with Crippen LogP contribution in [0.25, 0.3) is 0 Å². The molecule has 0 aliphatic rings. The molecule has 0 atom stereocenters. The molecular weight excluding hydrogens is 256 g/mol. The summed E-state index contributed by atoms with van der Waals surface area (Å²) in [5.41, 5.74) is 19.9. The van der Waals surface area contributed by atoms with Crippen LogP contribution in [0.4, 0.5) is 0 Å². The van der Waals surface area contributed by atoms with Gasteiger partial charge in [-0.05, 0) is 51.9 Å². The van der Waals surface area contributed by atoms with Gasteiger partial charge in [-0.2, -0.15) is 0 Å². The van der Waals surface area contributed by atoms with Crippen molar-refractivity contribution in [2.24, 2.45) is 22.9 Å². The molecule has 0 saturated carbocycles. The molecule has 0 fully saturated rings. The highest BCUT2D eigenvalue weighted by Gasteiger charge is 1.83. The van der Waals surface area contributed by atoms with E-state index in [1.807, 2.05) is 0 Å². The predicted molar refractivity (Wildman–Crippen MR) is 84.6 cm³/mol. The lowest BCUT2D eigenvalue weighted by molar-refractivity contribution is -0.114. The monoisotopic (exact) mass is 286 g/mol. The van der Waals surface area contributed by atoms with Gasteiger partial charge in [0, 0.05) is 0 Å². The standard InChI is InChI=1S/C6H16N2.2C4H7NO/c7-5-3-1-2-4-6-8;2*1-2-3-4(5)6/h1-8H2;2*2-3H,1H3,(H2,5,6). The van der Waals surface area contributed by atoms with Gasteiger partial charge in [0.2, 0.25) is 11.8 Å². The van der Waals surface area contributed by atoms with Gasteiger partial charge in [-0.3, -0.25) is 9.59 Å². The third kappa shape index (κ3) is 44.1. The van der Waals surface area contributed by atoms with Gasteiger partial charge in [0.15, 0.2) is 0 Å². The normalized spacial score (nSPS) is 9.60. The van der Waals surface area contributed by atoms with Crippen LogP contribution in [0.1, 0.15) is 39.5 Å². The van der Waals surface area contributed by atoms with E-state index in [4.69, 9.17) is 11.5 Å². The van der Waals surface area contributed by atoms with E-state index >= 15 is 0 Å². The van der Waals surface area contributed by atoms with Crippen LogP contribution in [0.2, 0.25) is 0 Å². The van der Waals surface area contributed by atoms with Crippen molar-refractivity contribution >= 4 is 11.8 Å². The van der Waals surface area contributed by atoms with Crippen molar-refractivity contribution in [2.75, 3.05) is 13.1 Å². The van der Waals surface area contributed by atoms with E-state index < -0.39 is 11.8 Å². The molecule has 2 amide bonds. The van der Waals surface area contributed by atoms with Crippen molar-refractivity contribution in [3.63, 3.8) is 0 Å². The van der Waals surface area contributed by atoms with Gasteiger partial charge in [-0.25, -0.2) is 0 Å². The fourth-order valence-corrected chi connectivity index (χ4v) is 0.971. The summed E-state index contributed by atoms with van der Waals surface area (Å²) in [7, 11) is 0. The van der Waals surface area contributed by atoms with Crippen LogP contribution >= 0.6 is 0 Å². The number of amides is 2. The van der Waals surface area contributed by atoms with E-state index in [2.05, 4.69) is 11.5 Å². The Morgan fingerprint density at radius 2 is 1.05 bits per heavy atom. The smallest absolute Gasteiger partial charge is 0.241 e. The Bertz CT molecular complexity index is 248. The van der Waals surface area contributed by atoms with Crippen LogP contribution in [-0.4, -0.2) is 24.9 Å². The zero-order chi connectivity index (χ0) is 16.2. The minimum Gasteiger partial charge on any atom is -0.366 e. The zero-order valence-corrected chi connectivity index (χ0v) is 12.7. The van der Waals surface area contributed by atoms with Crippen LogP contribution in [0.15, 0.2) is 24.3 Å². The third-order valence-electron chi connectivity index (χ3n) is 1.82. The first-order valence-electron chi connectivity index (χ1n) is 6.70. The van der Waals surface area contributed by atoms with Crippen LogP contribution in [-0.2, 0) is 9.59 Å². The van der Waals surface area contributed by atoms with Crippen molar-refractivity contribution in [1.29, 1.82) is 0 Å². The summed E-state index contributed by atoms with van der Waals surface area (Å²) < 4.78 is 0. The topological polar surface area (TPSA) is 138 Å². The predicted octanol–water partition coefficient (Wildman–Crippen LogP) is 0.560. The number of carbonyl (C=O) groups excluding carboxylic acids is 2. The molecule has 0 aromatic heterocycles. The van der Waals surface area contributed by atoms with E-state index in [1.54, 1.807) is 26.0 Å². The molecule has 0 heterocycles. The van der Waals surface area contributed by atoms with Crippen molar-refractivity contribution in [3.05, 3.63) is 24.3 Å². The number of allylic oxidation sites excluding steroid dienone is 2. The van der Waals surface area contributed by atoms with Crippen LogP contribution in [0, 0.1) is 0 Å². The fraction of sp³-hybridized carbons (Fsp3) is 0.571. The third-order valence-corrected chi connectivity index (χ3v) is 1.82. The van der Waals surface area contributed by atoms with Gasteiger partial charge in [0.05, 0.1) is 0 Å². The molecule has 0 radical (unpaired) electrons. The lowest BCUT2D eigenvalue weighted by atomic mass is 10.2. The highest BCUT2D eigenvalue weighted by atomic mass is 16.1. The fourth-order valence-electron chi connectivity index (χ4n) is 0.971. The maximum Gasteiger partial charge on any atom is 0.241 e. The van der Waals surface area contributed by atoms with E-state index in [0.717, 1.165) is 25.9 Å². The molecule has 0 saturated heterocycles. The number of hydrogen-bond donors (Lipinski definition) is 4. The molecule has 0 spiro atoms. The van der Waals surface area contributed by atoms with E-state index in [-0.39, 0.29) is 0 Å². The van der Waals surface area contributed by atoms with Gasteiger partial charge in [-0.1, -0.05) is 25.0 Å². The van der Waals surface area contributed by atoms with Gasteiger partial charge in [-0.15, -0.1) is 0 Å². The van der Waals surface area contributed by atoms with Gasteiger partial charge in [0.25, 0.3) is 0 Å². The molecule has 6 heteroatoms. The zero-order valence-electron chi connectivity index (χ0n) is 12.7. The second-order valence-corrected chi connectivity index (χ2v) is 3.80. The van der Waals surface area contributed by atoms with Crippen molar-refractivity contribution in [2.45, 2.75) is 39.5 Å². The highest BCUT2D eigenvalue weighted by Crippen LogP contribution is 1.95. The van der Waals surface area contributed by atoms with Gasteiger partial charge < -0.3 is 22.9 Å². The Balaban J connectivity index is -0.000000221. The minimum absolute atomic E-state index is 0.391. The molecule has 0 bridgehead atoms. The average Bonchev–Trinajstić information content (AvgIpc) is 2.36. The first kappa shape index (κ1) is 23.4. The molecule has 0 aliphatic heterocycles. The number of nitrogens with two attached hydrogens (primary N) is 4. The molecule has 118 valence electrons. The summed E-state index contributed by atoms with van der Waals surface area (Å²) in [5, 5.41) is 0. The van der Waals surface area contributed by atoms with Crippen LogP contribution < -0.4 is 22.9 Å². The molecular formula is C14H30N4O2. The Morgan fingerprint density at radius 3 is 1.15 bits per heavy atom. The maximum absolute atomic E-state index is 9.73. The largest absolute Gasteiger partial charge is 0.366 e. The SMILES string of the molecule is CC=CC(N)=O.CC=CC(N)=O.NCCCCCCN. The summed E-state index contributed by atoms with van der Waals surface area (Å²) in [6.07, 6.45) is 10.6. The lowest BCUT2D eigenvalue weighted by Crippen LogP contribution is -2.04. The number of rotatable bonds is 7. The molecule has 8 N–H and O–H groups in total. The molecule has 0 aromatic carbocycles. The van der Waals surface area contributed by atoms with Crippen molar-refractivity contribution in [1.82, 2.24) is 0 Å². The second-order valence-electron chi connectivity index (χ2n) is 3.80. The Labute approximate surface area is 122 Å². The first-order chi connectivity index (χ1) is 9.45. The number of hydrogen-bond acceptors (Lipinski definition) is 4. The Kier molecular flexibility index (Phi) is 26.4. The second kappa shape index (κ2) is 22.5.